The SMILES string of the molecule is CCCCCCCCCCCCCC(=O)OC/C=C/c1cc(OC)c(O)c(OC)c1. The van der Waals surface area contributed by atoms with Crippen LogP contribution in [-0.4, -0.2) is 31.9 Å². The second-order valence-corrected chi connectivity index (χ2v) is 7.64. The molecule has 1 N–H and O–H groups in total. The average molecular weight is 421 g/mol. The summed E-state index contributed by atoms with van der Waals surface area (Å²) in [4.78, 5) is 11.8. The van der Waals surface area contributed by atoms with Crippen molar-refractivity contribution in [2.75, 3.05) is 20.8 Å². The number of phenols is 1. The van der Waals surface area contributed by atoms with Crippen LogP contribution in [0, 0.1) is 0 Å². The van der Waals surface area contributed by atoms with E-state index in [0.29, 0.717) is 17.9 Å². The summed E-state index contributed by atoms with van der Waals surface area (Å²) < 4.78 is 15.5. The van der Waals surface area contributed by atoms with Crippen LogP contribution in [0.4, 0.5) is 0 Å². The number of esters is 1. The van der Waals surface area contributed by atoms with Crippen molar-refractivity contribution in [3.05, 3.63) is 23.8 Å². The molecule has 0 aliphatic rings. The molecule has 0 atom stereocenters. The molecule has 30 heavy (non-hydrogen) atoms. The van der Waals surface area contributed by atoms with Gasteiger partial charge in [0.05, 0.1) is 14.2 Å². The molecule has 0 aliphatic heterocycles. The lowest BCUT2D eigenvalue weighted by Gasteiger charge is -2.09. The molecule has 0 aliphatic carbocycles. The van der Waals surface area contributed by atoms with Gasteiger partial charge < -0.3 is 19.3 Å². The van der Waals surface area contributed by atoms with E-state index in [0.717, 1.165) is 18.4 Å². The highest BCUT2D eigenvalue weighted by Crippen LogP contribution is 2.37. The number of aromatic hydroxyl groups is 1. The predicted octanol–water partition coefficient (Wildman–Crippen LogP) is 6.67. The number of rotatable bonds is 17. The fourth-order valence-corrected chi connectivity index (χ4v) is 3.34. The maximum atomic E-state index is 11.8. The molecule has 0 fully saturated rings. The number of benzene rings is 1. The van der Waals surface area contributed by atoms with Gasteiger partial charge in [-0.25, -0.2) is 0 Å². The van der Waals surface area contributed by atoms with E-state index in [4.69, 9.17) is 14.2 Å². The first-order chi connectivity index (χ1) is 14.6. The van der Waals surface area contributed by atoms with Crippen LogP contribution in [-0.2, 0) is 9.53 Å². The van der Waals surface area contributed by atoms with Crippen molar-refractivity contribution >= 4 is 12.0 Å². The van der Waals surface area contributed by atoms with Gasteiger partial charge in [-0.1, -0.05) is 77.2 Å². The zero-order valence-electron chi connectivity index (χ0n) is 19.1. The van der Waals surface area contributed by atoms with Crippen molar-refractivity contribution in [3.63, 3.8) is 0 Å². The quantitative estimate of drug-likeness (QED) is 0.225. The van der Waals surface area contributed by atoms with E-state index in [1.54, 1.807) is 24.3 Å². The summed E-state index contributed by atoms with van der Waals surface area (Å²) in [6, 6.07) is 3.39. The van der Waals surface area contributed by atoms with E-state index in [9.17, 15) is 9.90 Å². The van der Waals surface area contributed by atoms with Crippen LogP contribution in [0.2, 0.25) is 0 Å². The average Bonchev–Trinajstić information content (AvgIpc) is 2.75. The molecule has 0 unspecified atom stereocenters. The molecule has 0 amide bonds. The zero-order chi connectivity index (χ0) is 22.0. The van der Waals surface area contributed by atoms with Crippen molar-refractivity contribution in [2.24, 2.45) is 0 Å². The van der Waals surface area contributed by atoms with Crippen molar-refractivity contribution in [1.82, 2.24) is 0 Å². The molecule has 5 nitrogen and oxygen atoms in total. The van der Waals surface area contributed by atoms with Crippen molar-refractivity contribution in [3.8, 4) is 17.2 Å². The Morgan fingerprint density at radius 2 is 1.37 bits per heavy atom. The van der Waals surface area contributed by atoms with E-state index >= 15 is 0 Å². The Morgan fingerprint density at radius 3 is 1.87 bits per heavy atom. The Labute approximate surface area is 182 Å². The van der Waals surface area contributed by atoms with Crippen molar-refractivity contribution < 1.29 is 24.1 Å². The van der Waals surface area contributed by atoms with Gasteiger partial charge in [-0.05, 0) is 30.2 Å². The lowest BCUT2D eigenvalue weighted by Crippen LogP contribution is -2.04. The number of unbranched alkanes of at least 4 members (excludes halogenated alkanes) is 10. The minimum absolute atomic E-state index is 0.0319. The molecule has 0 saturated carbocycles. The third-order valence-electron chi connectivity index (χ3n) is 5.14. The first-order valence-corrected chi connectivity index (χ1v) is 11.4. The molecule has 1 aromatic carbocycles. The molecule has 170 valence electrons. The maximum Gasteiger partial charge on any atom is 0.306 e. The highest BCUT2D eigenvalue weighted by molar-refractivity contribution is 5.69. The van der Waals surface area contributed by atoms with Crippen LogP contribution in [0.15, 0.2) is 18.2 Å². The molecule has 1 aromatic rings. The van der Waals surface area contributed by atoms with Gasteiger partial charge in [0.25, 0.3) is 0 Å². The summed E-state index contributed by atoms with van der Waals surface area (Å²) in [5.74, 6) is 0.483. The minimum Gasteiger partial charge on any atom is -0.502 e. The number of hydrogen-bond donors (Lipinski definition) is 1. The summed E-state index contributed by atoms with van der Waals surface area (Å²) in [6.45, 7) is 2.47. The van der Waals surface area contributed by atoms with Crippen LogP contribution >= 0.6 is 0 Å². The predicted molar refractivity (Wildman–Crippen MR) is 122 cm³/mol. The van der Waals surface area contributed by atoms with Crippen LogP contribution in [0.1, 0.15) is 89.5 Å². The fourth-order valence-electron chi connectivity index (χ4n) is 3.34. The fraction of sp³-hybridized carbons (Fsp3) is 0.640. The number of methoxy groups -OCH3 is 2. The summed E-state index contributed by atoms with van der Waals surface area (Å²) in [6.07, 6.45) is 18.0. The van der Waals surface area contributed by atoms with Gasteiger partial charge in [0.2, 0.25) is 5.75 Å². The van der Waals surface area contributed by atoms with Crippen LogP contribution < -0.4 is 9.47 Å². The molecular weight excluding hydrogens is 380 g/mol. The second-order valence-electron chi connectivity index (χ2n) is 7.64. The first-order valence-electron chi connectivity index (χ1n) is 11.4. The number of carbonyl (C=O) groups is 1. The van der Waals surface area contributed by atoms with E-state index in [2.05, 4.69) is 6.92 Å². The van der Waals surface area contributed by atoms with E-state index < -0.39 is 0 Å². The Morgan fingerprint density at radius 1 is 0.867 bits per heavy atom. The maximum absolute atomic E-state index is 11.8. The highest BCUT2D eigenvalue weighted by atomic mass is 16.5. The Balaban J connectivity index is 2.11. The molecule has 0 saturated heterocycles. The van der Waals surface area contributed by atoms with Crippen molar-refractivity contribution in [1.29, 1.82) is 0 Å². The summed E-state index contributed by atoms with van der Waals surface area (Å²) in [5.41, 5.74) is 0.794. The zero-order valence-corrected chi connectivity index (χ0v) is 19.1. The van der Waals surface area contributed by atoms with Gasteiger partial charge in [0.1, 0.15) is 6.61 Å². The molecule has 1 rings (SSSR count). The molecule has 0 bridgehead atoms. The Kier molecular flexibility index (Phi) is 14.3. The summed E-state index contributed by atoms with van der Waals surface area (Å²) in [7, 11) is 2.97. The number of phenolic OH excluding ortho intramolecular Hbond substituents is 1. The number of ether oxygens (including phenoxy) is 3. The van der Waals surface area contributed by atoms with E-state index in [1.807, 2.05) is 0 Å². The summed E-state index contributed by atoms with van der Waals surface area (Å²) >= 11 is 0. The van der Waals surface area contributed by atoms with Gasteiger partial charge in [-0.2, -0.15) is 0 Å². The monoisotopic (exact) mass is 420 g/mol. The third kappa shape index (κ3) is 11.1. The smallest absolute Gasteiger partial charge is 0.306 e. The lowest BCUT2D eigenvalue weighted by atomic mass is 10.1. The standard InChI is InChI=1S/C25H40O5/c1-4-5-6-7-8-9-10-11-12-13-14-17-24(26)30-18-15-16-21-19-22(28-2)25(27)23(20-21)29-3/h15-16,19-20,27H,4-14,17-18H2,1-3H3/b16-15+. The summed E-state index contributed by atoms with van der Waals surface area (Å²) in [5, 5.41) is 9.92. The van der Waals surface area contributed by atoms with Crippen LogP contribution in [0.25, 0.3) is 6.08 Å². The first kappa shape index (κ1) is 25.9. The lowest BCUT2D eigenvalue weighted by molar-refractivity contribution is -0.142. The number of hydrogen-bond acceptors (Lipinski definition) is 5. The Bertz CT molecular complexity index is 599. The van der Waals surface area contributed by atoms with Crippen molar-refractivity contribution in [2.45, 2.75) is 84.0 Å². The Hall–Kier alpha value is -2.17. The van der Waals surface area contributed by atoms with E-state index in [-0.39, 0.29) is 18.3 Å². The topological polar surface area (TPSA) is 65.0 Å². The normalized spacial score (nSPS) is 11.0. The van der Waals surface area contributed by atoms with Gasteiger partial charge in [0.15, 0.2) is 11.5 Å². The number of carbonyl (C=O) groups excluding carboxylic acids is 1. The molecule has 0 radical (unpaired) electrons. The van der Waals surface area contributed by atoms with E-state index in [1.165, 1.54) is 72.0 Å². The molecule has 0 spiro atoms. The molecule has 0 heterocycles. The third-order valence-corrected chi connectivity index (χ3v) is 5.14. The van der Waals surface area contributed by atoms with Gasteiger partial charge >= 0.3 is 5.97 Å². The molecule has 0 aromatic heterocycles. The van der Waals surface area contributed by atoms with Crippen LogP contribution in [0.5, 0.6) is 17.2 Å². The molecule has 5 heteroatoms. The van der Waals surface area contributed by atoms with Gasteiger partial charge in [0, 0.05) is 6.42 Å². The largest absolute Gasteiger partial charge is 0.502 e. The van der Waals surface area contributed by atoms with Crippen LogP contribution in [0.3, 0.4) is 0 Å². The second kappa shape index (κ2) is 16.6. The van der Waals surface area contributed by atoms with Gasteiger partial charge in [-0.15, -0.1) is 0 Å². The highest BCUT2D eigenvalue weighted by Gasteiger charge is 2.09. The van der Waals surface area contributed by atoms with Gasteiger partial charge in [-0.3, -0.25) is 4.79 Å². The molecular formula is C25H40O5. The minimum atomic E-state index is -0.156.